The largest absolute Gasteiger partial charge is 0.372 e. The van der Waals surface area contributed by atoms with E-state index in [1.54, 1.807) is 0 Å². The lowest BCUT2D eigenvalue weighted by Crippen LogP contribution is -2.49. The Kier molecular flexibility index (Phi) is 3.57. The van der Waals surface area contributed by atoms with E-state index in [1.807, 2.05) is 6.20 Å². The van der Waals surface area contributed by atoms with Gasteiger partial charge in [0.2, 0.25) is 0 Å². The van der Waals surface area contributed by atoms with Crippen LogP contribution in [-0.2, 0) is 11.2 Å². The Bertz CT molecular complexity index is 636. The summed E-state index contributed by atoms with van der Waals surface area (Å²) in [5.74, 6) is 0. The summed E-state index contributed by atoms with van der Waals surface area (Å²) in [6.07, 6.45) is 5.16. The van der Waals surface area contributed by atoms with Gasteiger partial charge in [-0.2, -0.15) is 5.10 Å². The molecule has 1 unspecified atom stereocenters. The monoisotopic (exact) mass is 347 g/mol. The summed E-state index contributed by atoms with van der Waals surface area (Å²) in [6.45, 7) is 3.92. The molecule has 1 atom stereocenters. The van der Waals surface area contributed by atoms with Gasteiger partial charge in [-0.1, -0.05) is 24.3 Å². The molecule has 1 saturated heterocycles. The molecular weight excluding hydrogens is 330 g/mol. The molecule has 3 heterocycles. The highest BCUT2D eigenvalue weighted by molar-refractivity contribution is 9.10. The van der Waals surface area contributed by atoms with Gasteiger partial charge in [0.15, 0.2) is 0 Å². The quantitative estimate of drug-likeness (QED) is 0.855. The SMILES string of the molecule is Brc1cnn(C2CN(CC3OCCc4ccccc43)C2)c1. The Labute approximate surface area is 132 Å². The average molecular weight is 348 g/mol. The number of likely N-dealkylation sites (tertiary alicyclic amines) is 1. The average Bonchev–Trinajstić information content (AvgIpc) is 2.88. The summed E-state index contributed by atoms with van der Waals surface area (Å²) in [5, 5.41) is 4.37. The summed E-state index contributed by atoms with van der Waals surface area (Å²) in [6, 6.07) is 9.17. The maximum Gasteiger partial charge on any atom is 0.0954 e. The van der Waals surface area contributed by atoms with E-state index in [-0.39, 0.29) is 6.10 Å². The lowest BCUT2D eigenvalue weighted by Gasteiger charge is -2.41. The van der Waals surface area contributed by atoms with E-state index in [1.165, 1.54) is 11.1 Å². The highest BCUT2D eigenvalue weighted by Crippen LogP contribution is 2.30. The van der Waals surface area contributed by atoms with E-state index in [0.29, 0.717) is 6.04 Å². The van der Waals surface area contributed by atoms with Gasteiger partial charge in [0, 0.05) is 25.8 Å². The number of benzene rings is 1. The van der Waals surface area contributed by atoms with Crippen LogP contribution in [0.3, 0.4) is 0 Å². The number of nitrogens with zero attached hydrogens (tertiary/aromatic N) is 3. The molecule has 0 aliphatic carbocycles. The number of halogens is 1. The van der Waals surface area contributed by atoms with Crippen molar-refractivity contribution in [2.24, 2.45) is 0 Å². The summed E-state index contributed by atoms with van der Waals surface area (Å²) < 4.78 is 9.08. The Hall–Kier alpha value is -1.17. The van der Waals surface area contributed by atoms with Gasteiger partial charge in [0.25, 0.3) is 0 Å². The van der Waals surface area contributed by atoms with Crippen LogP contribution in [0.15, 0.2) is 41.1 Å². The first-order valence-corrected chi connectivity index (χ1v) is 8.20. The first-order valence-electron chi connectivity index (χ1n) is 7.41. The topological polar surface area (TPSA) is 30.3 Å². The van der Waals surface area contributed by atoms with Gasteiger partial charge in [-0.25, -0.2) is 0 Å². The molecule has 0 bridgehead atoms. The maximum absolute atomic E-state index is 5.98. The van der Waals surface area contributed by atoms with Crippen molar-refractivity contribution in [3.63, 3.8) is 0 Å². The second-order valence-electron chi connectivity index (χ2n) is 5.82. The van der Waals surface area contributed by atoms with Gasteiger partial charge in [-0.15, -0.1) is 0 Å². The van der Waals surface area contributed by atoms with Gasteiger partial charge in [-0.3, -0.25) is 9.58 Å². The zero-order chi connectivity index (χ0) is 14.2. The third-order valence-electron chi connectivity index (χ3n) is 4.40. The van der Waals surface area contributed by atoms with Crippen LogP contribution in [0.25, 0.3) is 0 Å². The first-order chi connectivity index (χ1) is 10.3. The molecule has 0 radical (unpaired) electrons. The number of hydrogen-bond acceptors (Lipinski definition) is 3. The molecule has 0 spiro atoms. The predicted octanol–water partition coefficient (Wildman–Crippen LogP) is 2.82. The second-order valence-corrected chi connectivity index (χ2v) is 6.73. The van der Waals surface area contributed by atoms with E-state index >= 15 is 0 Å². The maximum atomic E-state index is 5.98. The molecule has 2 aliphatic rings. The van der Waals surface area contributed by atoms with Gasteiger partial charge in [0.05, 0.1) is 29.4 Å². The molecule has 110 valence electrons. The molecule has 5 heteroatoms. The minimum atomic E-state index is 0.222. The number of rotatable bonds is 3. The molecule has 1 aromatic heterocycles. The predicted molar refractivity (Wildman–Crippen MR) is 84.2 cm³/mol. The smallest absolute Gasteiger partial charge is 0.0954 e. The van der Waals surface area contributed by atoms with Gasteiger partial charge < -0.3 is 4.74 Å². The van der Waals surface area contributed by atoms with E-state index < -0.39 is 0 Å². The van der Waals surface area contributed by atoms with Crippen LogP contribution >= 0.6 is 15.9 Å². The minimum Gasteiger partial charge on any atom is -0.372 e. The summed E-state index contributed by atoms with van der Waals surface area (Å²) >= 11 is 3.45. The lowest BCUT2D eigenvalue weighted by atomic mass is 9.96. The van der Waals surface area contributed by atoms with Crippen LogP contribution in [0, 0.1) is 0 Å². The van der Waals surface area contributed by atoms with Crippen molar-refractivity contribution < 1.29 is 4.74 Å². The van der Waals surface area contributed by atoms with Crippen LogP contribution < -0.4 is 0 Å². The van der Waals surface area contributed by atoms with Crippen molar-refractivity contribution in [3.8, 4) is 0 Å². The summed E-state index contributed by atoms with van der Waals surface area (Å²) in [7, 11) is 0. The zero-order valence-electron chi connectivity index (χ0n) is 11.8. The molecule has 21 heavy (non-hydrogen) atoms. The van der Waals surface area contributed by atoms with Crippen LogP contribution in [0.1, 0.15) is 23.3 Å². The van der Waals surface area contributed by atoms with Gasteiger partial charge in [0.1, 0.15) is 0 Å². The number of hydrogen-bond donors (Lipinski definition) is 0. The van der Waals surface area contributed by atoms with Crippen molar-refractivity contribution in [3.05, 3.63) is 52.3 Å². The van der Waals surface area contributed by atoms with E-state index in [9.17, 15) is 0 Å². The van der Waals surface area contributed by atoms with Gasteiger partial charge >= 0.3 is 0 Å². The second kappa shape index (κ2) is 5.55. The molecule has 0 saturated carbocycles. The Morgan fingerprint density at radius 3 is 2.95 bits per heavy atom. The van der Waals surface area contributed by atoms with Crippen LogP contribution in [0.4, 0.5) is 0 Å². The summed E-state index contributed by atoms with van der Waals surface area (Å²) in [4.78, 5) is 2.45. The number of ether oxygens (including phenoxy) is 1. The van der Waals surface area contributed by atoms with Crippen LogP contribution in [0.5, 0.6) is 0 Å². The zero-order valence-corrected chi connectivity index (χ0v) is 13.4. The number of aromatic nitrogens is 2. The molecule has 2 aliphatic heterocycles. The molecule has 4 rings (SSSR count). The highest BCUT2D eigenvalue weighted by atomic mass is 79.9. The third kappa shape index (κ3) is 2.65. The van der Waals surface area contributed by atoms with Gasteiger partial charge in [-0.05, 0) is 33.5 Å². The Balaban J connectivity index is 1.39. The molecule has 0 amide bonds. The summed E-state index contributed by atoms with van der Waals surface area (Å²) in [5.41, 5.74) is 2.82. The minimum absolute atomic E-state index is 0.222. The molecule has 0 N–H and O–H groups in total. The van der Waals surface area contributed by atoms with Crippen molar-refractivity contribution in [1.82, 2.24) is 14.7 Å². The van der Waals surface area contributed by atoms with E-state index in [4.69, 9.17) is 4.74 Å². The Morgan fingerprint density at radius 2 is 2.14 bits per heavy atom. The van der Waals surface area contributed by atoms with Crippen LogP contribution in [-0.4, -0.2) is 40.9 Å². The van der Waals surface area contributed by atoms with Crippen molar-refractivity contribution >= 4 is 15.9 Å². The molecule has 4 nitrogen and oxygen atoms in total. The molecule has 1 aromatic carbocycles. The van der Waals surface area contributed by atoms with Crippen molar-refractivity contribution in [1.29, 1.82) is 0 Å². The fourth-order valence-corrected chi connectivity index (χ4v) is 3.54. The van der Waals surface area contributed by atoms with E-state index in [0.717, 1.165) is 37.1 Å². The van der Waals surface area contributed by atoms with Crippen molar-refractivity contribution in [2.45, 2.75) is 18.6 Å². The van der Waals surface area contributed by atoms with E-state index in [2.05, 4.69) is 61.1 Å². The molecule has 2 aromatic rings. The Morgan fingerprint density at radius 1 is 1.29 bits per heavy atom. The highest BCUT2D eigenvalue weighted by Gasteiger charge is 2.32. The normalized spacial score (nSPS) is 22.8. The molecular formula is C16H18BrN3O. The standard InChI is InChI=1S/C16H18BrN3O/c17-13-7-18-20(8-13)14-9-19(10-14)11-16-15-4-2-1-3-12(15)5-6-21-16/h1-4,7-8,14,16H,5-6,9-11H2. The number of fused-ring (bicyclic) bond motifs is 1. The van der Waals surface area contributed by atoms with Crippen LogP contribution in [0.2, 0.25) is 0 Å². The fourth-order valence-electron chi connectivity index (χ4n) is 3.24. The fraction of sp³-hybridized carbons (Fsp3) is 0.438. The first kappa shape index (κ1) is 13.5. The lowest BCUT2D eigenvalue weighted by molar-refractivity contribution is -0.0133. The third-order valence-corrected chi connectivity index (χ3v) is 4.81. The van der Waals surface area contributed by atoms with Crippen molar-refractivity contribution in [2.75, 3.05) is 26.2 Å². The molecule has 1 fully saturated rings.